The molecule has 0 aliphatic rings. The van der Waals surface area contributed by atoms with Crippen LogP contribution in [0.1, 0.15) is 13.8 Å². The molecule has 14 heavy (non-hydrogen) atoms. The Morgan fingerprint density at radius 1 is 0.786 bits per heavy atom. The summed E-state index contributed by atoms with van der Waals surface area (Å²) in [4.78, 5) is 42.7. The van der Waals surface area contributed by atoms with Crippen molar-refractivity contribution in [2.24, 2.45) is 11.8 Å². The van der Waals surface area contributed by atoms with Gasteiger partial charge in [-0.25, -0.2) is 0 Å². The summed E-state index contributed by atoms with van der Waals surface area (Å²) in [5.41, 5.74) is 0. The SMILES string of the molecule is CC(C(=O)O)C(=O)C(=O)C(C)C(=O)O. The van der Waals surface area contributed by atoms with E-state index < -0.39 is 35.3 Å². The molecule has 0 aromatic heterocycles. The summed E-state index contributed by atoms with van der Waals surface area (Å²) in [5.74, 6) is -8.25. The Kier molecular flexibility index (Phi) is 3.95. The largest absolute Gasteiger partial charge is 0.481 e. The molecule has 0 radical (unpaired) electrons. The lowest BCUT2D eigenvalue weighted by atomic mass is 9.95. The van der Waals surface area contributed by atoms with Crippen molar-refractivity contribution < 1.29 is 29.4 Å². The lowest BCUT2D eigenvalue weighted by Gasteiger charge is -2.06. The molecule has 6 nitrogen and oxygen atoms in total. The van der Waals surface area contributed by atoms with E-state index in [1.165, 1.54) is 0 Å². The molecule has 0 aliphatic carbocycles. The second kappa shape index (κ2) is 4.50. The Morgan fingerprint density at radius 3 is 1.14 bits per heavy atom. The van der Waals surface area contributed by atoms with E-state index in [1.807, 2.05) is 0 Å². The predicted octanol–water partition coefficient (Wildman–Crippen LogP) is -0.434. The lowest BCUT2D eigenvalue weighted by Crippen LogP contribution is -2.34. The highest BCUT2D eigenvalue weighted by Gasteiger charge is 2.33. The zero-order chi connectivity index (χ0) is 11.5. The van der Waals surface area contributed by atoms with Gasteiger partial charge in [-0.05, 0) is 13.8 Å². The Labute approximate surface area is 79.5 Å². The summed E-state index contributed by atoms with van der Waals surface area (Å²) in [6, 6.07) is 0. The molecule has 0 bridgehead atoms. The van der Waals surface area contributed by atoms with Crippen molar-refractivity contribution in [1.29, 1.82) is 0 Å². The molecule has 78 valence electrons. The Hall–Kier alpha value is -1.72. The number of hydrogen-bond acceptors (Lipinski definition) is 4. The zero-order valence-electron chi connectivity index (χ0n) is 7.68. The van der Waals surface area contributed by atoms with E-state index in [1.54, 1.807) is 0 Å². The molecule has 2 N–H and O–H groups in total. The lowest BCUT2D eigenvalue weighted by molar-refractivity contribution is -0.155. The van der Waals surface area contributed by atoms with E-state index in [4.69, 9.17) is 10.2 Å². The smallest absolute Gasteiger partial charge is 0.314 e. The van der Waals surface area contributed by atoms with Gasteiger partial charge in [0, 0.05) is 0 Å². The molecule has 6 heteroatoms. The van der Waals surface area contributed by atoms with Crippen molar-refractivity contribution in [3.05, 3.63) is 0 Å². The van der Waals surface area contributed by atoms with Gasteiger partial charge < -0.3 is 10.2 Å². The van der Waals surface area contributed by atoms with Gasteiger partial charge in [0.1, 0.15) is 11.8 Å². The number of carbonyl (C=O) groups excluding carboxylic acids is 2. The molecule has 0 spiro atoms. The van der Waals surface area contributed by atoms with Gasteiger partial charge in [-0.1, -0.05) is 0 Å². The van der Waals surface area contributed by atoms with E-state index in [0.29, 0.717) is 0 Å². The van der Waals surface area contributed by atoms with E-state index in [0.717, 1.165) is 13.8 Å². The fourth-order valence-corrected chi connectivity index (χ4v) is 0.651. The first-order chi connectivity index (χ1) is 6.29. The van der Waals surface area contributed by atoms with Crippen LogP contribution in [0.2, 0.25) is 0 Å². The highest BCUT2D eigenvalue weighted by Crippen LogP contribution is 2.05. The molecular formula is C8H10O6. The highest BCUT2D eigenvalue weighted by molar-refractivity contribution is 6.43. The van der Waals surface area contributed by atoms with E-state index >= 15 is 0 Å². The quantitative estimate of drug-likeness (QED) is 0.462. The fraction of sp³-hybridized carbons (Fsp3) is 0.500. The van der Waals surface area contributed by atoms with Crippen LogP contribution in [0.4, 0.5) is 0 Å². The van der Waals surface area contributed by atoms with Crippen molar-refractivity contribution in [2.45, 2.75) is 13.8 Å². The molecule has 0 amide bonds. The van der Waals surface area contributed by atoms with Gasteiger partial charge in [-0.3, -0.25) is 19.2 Å². The number of Topliss-reactive ketones (excluding diaryl/α,β-unsaturated/α-hetero) is 2. The topological polar surface area (TPSA) is 109 Å². The normalized spacial score (nSPS) is 14.1. The number of carbonyl (C=O) groups is 4. The molecule has 0 saturated heterocycles. The first-order valence-electron chi connectivity index (χ1n) is 3.82. The second-order valence-electron chi connectivity index (χ2n) is 2.85. The predicted molar refractivity (Wildman–Crippen MR) is 43.6 cm³/mol. The van der Waals surface area contributed by atoms with Crippen molar-refractivity contribution >= 4 is 23.5 Å². The van der Waals surface area contributed by atoms with Gasteiger partial charge >= 0.3 is 11.9 Å². The van der Waals surface area contributed by atoms with Gasteiger partial charge in [-0.2, -0.15) is 0 Å². The number of aliphatic carboxylic acids is 2. The Morgan fingerprint density at radius 2 is 1.00 bits per heavy atom. The first-order valence-corrected chi connectivity index (χ1v) is 3.82. The van der Waals surface area contributed by atoms with Gasteiger partial charge in [0.2, 0.25) is 11.6 Å². The minimum Gasteiger partial charge on any atom is -0.481 e. The summed E-state index contributed by atoms with van der Waals surface area (Å²) >= 11 is 0. The minimum atomic E-state index is -1.50. The molecule has 0 saturated carbocycles. The molecule has 0 aromatic carbocycles. The number of carboxylic acids is 2. The van der Waals surface area contributed by atoms with Crippen molar-refractivity contribution in [3.8, 4) is 0 Å². The Bertz CT molecular complexity index is 262. The average molecular weight is 202 g/mol. The van der Waals surface area contributed by atoms with E-state index in [2.05, 4.69) is 0 Å². The maximum Gasteiger partial charge on any atom is 0.314 e. The third-order valence-corrected chi connectivity index (χ3v) is 1.77. The standard InChI is InChI=1S/C8H10O6/c1-3(7(11)12)5(9)6(10)4(2)8(13)14/h3-4H,1-2H3,(H,11,12)(H,13,14). The summed E-state index contributed by atoms with van der Waals surface area (Å²) in [6.07, 6.45) is 0. The maximum absolute atomic E-state index is 11.0. The maximum atomic E-state index is 11.0. The average Bonchev–Trinajstić information content (AvgIpc) is 2.12. The van der Waals surface area contributed by atoms with E-state index in [-0.39, 0.29) is 0 Å². The second-order valence-corrected chi connectivity index (χ2v) is 2.85. The van der Waals surface area contributed by atoms with Crippen LogP contribution in [-0.4, -0.2) is 33.7 Å². The molecule has 0 heterocycles. The van der Waals surface area contributed by atoms with Crippen LogP contribution >= 0.6 is 0 Å². The van der Waals surface area contributed by atoms with Crippen LogP contribution in [0.5, 0.6) is 0 Å². The van der Waals surface area contributed by atoms with Crippen molar-refractivity contribution in [1.82, 2.24) is 0 Å². The zero-order valence-corrected chi connectivity index (χ0v) is 7.68. The minimum absolute atomic E-state index is 1.04. The van der Waals surface area contributed by atoms with Crippen LogP contribution in [0, 0.1) is 11.8 Å². The summed E-state index contributed by atoms with van der Waals surface area (Å²) < 4.78 is 0. The first kappa shape index (κ1) is 12.3. The summed E-state index contributed by atoms with van der Waals surface area (Å²) in [5, 5.41) is 16.8. The molecular weight excluding hydrogens is 192 g/mol. The van der Waals surface area contributed by atoms with Gasteiger partial charge in [0.05, 0.1) is 0 Å². The third kappa shape index (κ3) is 2.65. The van der Waals surface area contributed by atoms with Crippen LogP contribution in [0.15, 0.2) is 0 Å². The monoisotopic (exact) mass is 202 g/mol. The van der Waals surface area contributed by atoms with Crippen molar-refractivity contribution in [3.63, 3.8) is 0 Å². The summed E-state index contributed by atoms with van der Waals surface area (Å²) in [7, 11) is 0. The fourth-order valence-electron chi connectivity index (χ4n) is 0.651. The third-order valence-electron chi connectivity index (χ3n) is 1.77. The van der Waals surface area contributed by atoms with Crippen molar-refractivity contribution in [2.75, 3.05) is 0 Å². The van der Waals surface area contributed by atoms with Crippen LogP contribution < -0.4 is 0 Å². The number of ketones is 2. The van der Waals surface area contributed by atoms with Gasteiger partial charge in [0.15, 0.2) is 0 Å². The molecule has 0 aromatic rings. The summed E-state index contributed by atoms with van der Waals surface area (Å²) in [6.45, 7) is 2.08. The van der Waals surface area contributed by atoms with Crippen LogP contribution in [0.3, 0.4) is 0 Å². The number of carboxylic acid groups (broad SMARTS) is 2. The molecule has 0 aliphatic heterocycles. The van der Waals surface area contributed by atoms with Gasteiger partial charge in [0.25, 0.3) is 0 Å². The molecule has 2 unspecified atom stereocenters. The number of rotatable bonds is 5. The van der Waals surface area contributed by atoms with Gasteiger partial charge in [-0.15, -0.1) is 0 Å². The molecule has 2 atom stereocenters. The van der Waals surface area contributed by atoms with Crippen LogP contribution in [0.25, 0.3) is 0 Å². The molecule has 0 fully saturated rings. The highest BCUT2D eigenvalue weighted by atomic mass is 16.4. The number of hydrogen-bond donors (Lipinski definition) is 2. The van der Waals surface area contributed by atoms with Crippen LogP contribution in [-0.2, 0) is 19.2 Å². The Balaban J connectivity index is 4.64. The van der Waals surface area contributed by atoms with E-state index in [9.17, 15) is 19.2 Å². The molecule has 0 rings (SSSR count).